The van der Waals surface area contributed by atoms with Gasteiger partial charge in [0.25, 0.3) is 5.91 Å². The van der Waals surface area contributed by atoms with E-state index < -0.39 is 5.82 Å². The maximum Gasteiger partial charge on any atom is 0.256 e. The Balaban J connectivity index is 1.65. The van der Waals surface area contributed by atoms with Crippen LogP contribution < -0.4 is 4.74 Å². The predicted molar refractivity (Wildman–Crippen MR) is 112 cm³/mol. The Morgan fingerprint density at radius 3 is 2.37 bits per heavy atom. The van der Waals surface area contributed by atoms with Crippen LogP contribution in [0, 0.1) is 11.7 Å². The molecule has 5 nitrogen and oxygen atoms in total. The van der Waals surface area contributed by atoms with Crippen molar-refractivity contribution < 1.29 is 18.7 Å². The summed E-state index contributed by atoms with van der Waals surface area (Å²) in [6, 6.07) is 13.6. The molecule has 2 amide bonds. The second kappa shape index (κ2) is 8.86. The van der Waals surface area contributed by atoms with Gasteiger partial charge in [-0.3, -0.25) is 9.59 Å². The SMILES string of the molecule is COc1ccccc1C1CN(C(=O)c2ccccc2F)CC1C(=O)N1CCCCC1. The molecule has 2 saturated heterocycles. The van der Waals surface area contributed by atoms with Gasteiger partial charge in [0.2, 0.25) is 5.91 Å². The van der Waals surface area contributed by atoms with Gasteiger partial charge in [0.1, 0.15) is 11.6 Å². The summed E-state index contributed by atoms with van der Waals surface area (Å²) < 4.78 is 19.8. The number of benzene rings is 2. The highest BCUT2D eigenvalue weighted by atomic mass is 19.1. The number of methoxy groups -OCH3 is 1. The van der Waals surface area contributed by atoms with Gasteiger partial charge in [-0.05, 0) is 43.0 Å². The van der Waals surface area contributed by atoms with Crippen molar-refractivity contribution in [2.45, 2.75) is 25.2 Å². The number of ether oxygens (including phenoxy) is 1. The largest absolute Gasteiger partial charge is 0.496 e. The van der Waals surface area contributed by atoms with E-state index in [9.17, 15) is 14.0 Å². The lowest BCUT2D eigenvalue weighted by Gasteiger charge is -2.31. The normalized spacial score (nSPS) is 21.5. The molecule has 0 aliphatic carbocycles. The lowest BCUT2D eigenvalue weighted by Crippen LogP contribution is -2.42. The van der Waals surface area contributed by atoms with Crippen LogP contribution >= 0.6 is 0 Å². The van der Waals surface area contributed by atoms with E-state index in [0.29, 0.717) is 12.3 Å². The number of para-hydroxylation sites is 1. The molecule has 4 rings (SSSR count). The number of amides is 2. The minimum Gasteiger partial charge on any atom is -0.496 e. The van der Waals surface area contributed by atoms with Crippen LogP contribution in [0.15, 0.2) is 48.5 Å². The lowest BCUT2D eigenvalue weighted by molar-refractivity contribution is -0.136. The first kappa shape index (κ1) is 20.4. The Morgan fingerprint density at radius 1 is 0.933 bits per heavy atom. The van der Waals surface area contributed by atoms with Crippen LogP contribution in [0.2, 0.25) is 0 Å². The number of piperidine rings is 1. The zero-order chi connectivity index (χ0) is 21.1. The molecule has 0 bridgehead atoms. The second-order valence-electron chi connectivity index (χ2n) is 8.03. The van der Waals surface area contributed by atoms with Crippen molar-refractivity contribution in [3.63, 3.8) is 0 Å². The van der Waals surface area contributed by atoms with E-state index in [0.717, 1.165) is 37.9 Å². The molecule has 2 aromatic rings. The Labute approximate surface area is 176 Å². The summed E-state index contributed by atoms with van der Waals surface area (Å²) in [5, 5.41) is 0. The maximum absolute atomic E-state index is 14.2. The molecule has 0 spiro atoms. The molecule has 0 aromatic heterocycles. The van der Waals surface area contributed by atoms with Crippen molar-refractivity contribution in [3.8, 4) is 5.75 Å². The zero-order valence-electron chi connectivity index (χ0n) is 17.2. The minimum atomic E-state index is -0.540. The first-order valence-corrected chi connectivity index (χ1v) is 10.6. The Kier molecular flexibility index (Phi) is 6.02. The summed E-state index contributed by atoms with van der Waals surface area (Å²) in [7, 11) is 1.61. The average Bonchev–Trinajstić information content (AvgIpc) is 3.24. The van der Waals surface area contributed by atoms with E-state index in [1.54, 1.807) is 24.1 Å². The first-order chi connectivity index (χ1) is 14.6. The molecule has 2 fully saturated rings. The molecule has 2 atom stereocenters. The quantitative estimate of drug-likeness (QED) is 0.772. The Bertz CT molecular complexity index is 926. The van der Waals surface area contributed by atoms with Crippen molar-refractivity contribution in [3.05, 3.63) is 65.5 Å². The highest BCUT2D eigenvalue weighted by Crippen LogP contribution is 2.39. The lowest BCUT2D eigenvalue weighted by atomic mass is 9.87. The number of hydrogen-bond acceptors (Lipinski definition) is 3. The number of nitrogens with zero attached hydrogens (tertiary/aromatic N) is 2. The fourth-order valence-electron chi connectivity index (χ4n) is 4.66. The third-order valence-electron chi connectivity index (χ3n) is 6.23. The highest BCUT2D eigenvalue weighted by Gasteiger charge is 2.43. The Hall–Kier alpha value is -2.89. The van der Waals surface area contributed by atoms with Gasteiger partial charge in [-0.25, -0.2) is 4.39 Å². The average molecular weight is 410 g/mol. The van der Waals surface area contributed by atoms with Gasteiger partial charge in [-0.15, -0.1) is 0 Å². The number of rotatable bonds is 4. The molecule has 0 saturated carbocycles. The van der Waals surface area contributed by atoms with Gasteiger partial charge in [-0.2, -0.15) is 0 Å². The Morgan fingerprint density at radius 2 is 1.63 bits per heavy atom. The number of likely N-dealkylation sites (tertiary alicyclic amines) is 2. The van der Waals surface area contributed by atoms with Gasteiger partial charge in [0.15, 0.2) is 0 Å². The van der Waals surface area contributed by atoms with Crippen LogP contribution in [0.4, 0.5) is 4.39 Å². The van der Waals surface area contributed by atoms with Gasteiger partial charge in [0.05, 0.1) is 18.6 Å². The van der Waals surface area contributed by atoms with Crippen molar-refractivity contribution in [1.29, 1.82) is 0 Å². The molecule has 158 valence electrons. The van der Waals surface area contributed by atoms with Gasteiger partial charge in [0, 0.05) is 32.1 Å². The molecule has 2 unspecified atom stereocenters. The van der Waals surface area contributed by atoms with Gasteiger partial charge in [-0.1, -0.05) is 30.3 Å². The minimum absolute atomic E-state index is 0.0438. The van der Waals surface area contributed by atoms with Crippen LogP contribution in [0.5, 0.6) is 5.75 Å². The molecule has 0 N–H and O–H groups in total. The summed E-state index contributed by atoms with van der Waals surface area (Å²) in [5.41, 5.74) is 0.960. The number of carbonyl (C=O) groups is 2. The molecule has 2 aromatic carbocycles. The van der Waals surface area contributed by atoms with Gasteiger partial charge >= 0.3 is 0 Å². The molecular formula is C24H27FN2O3. The number of carbonyl (C=O) groups excluding carboxylic acids is 2. The van der Waals surface area contributed by atoms with Crippen LogP contribution in [-0.4, -0.2) is 54.9 Å². The summed E-state index contributed by atoms with van der Waals surface area (Å²) in [6.45, 7) is 2.16. The molecule has 6 heteroatoms. The van der Waals surface area contributed by atoms with Crippen LogP contribution in [-0.2, 0) is 4.79 Å². The van der Waals surface area contributed by atoms with Crippen LogP contribution in [0.25, 0.3) is 0 Å². The molecule has 2 aliphatic rings. The molecule has 0 radical (unpaired) electrons. The third-order valence-corrected chi connectivity index (χ3v) is 6.23. The third kappa shape index (κ3) is 3.91. The summed E-state index contributed by atoms with van der Waals surface area (Å²) in [4.78, 5) is 30.0. The number of hydrogen-bond donors (Lipinski definition) is 0. The standard InChI is InChI=1S/C24H27FN2O3/c1-30-22-12-6-4-9-17(22)19-15-27(23(28)18-10-3-5-11-21(18)25)16-20(19)24(29)26-13-7-2-8-14-26/h3-6,9-12,19-20H,2,7-8,13-16H2,1H3. The predicted octanol–water partition coefficient (Wildman–Crippen LogP) is 3.70. The second-order valence-corrected chi connectivity index (χ2v) is 8.03. The van der Waals surface area contributed by atoms with Crippen molar-refractivity contribution in [2.75, 3.05) is 33.3 Å². The van der Waals surface area contributed by atoms with E-state index >= 15 is 0 Å². The van der Waals surface area contributed by atoms with Gasteiger partial charge < -0.3 is 14.5 Å². The fraction of sp³-hybridized carbons (Fsp3) is 0.417. The van der Waals surface area contributed by atoms with E-state index in [2.05, 4.69) is 0 Å². The molecule has 2 aliphatic heterocycles. The molecule has 2 heterocycles. The smallest absolute Gasteiger partial charge is 0.256 e. The van der Waals surface area contributed by atoms with Crippen molar-refractivity contribution >= 4 is 11.8 Å². The van der Waals surface area contributed by atoms with Crippen LogP contribution in [0.3, 0.4) is 0 Å². The topological polar surface area (TPSA) is 49.9 Å². The van der Waals surface area contributed by atoms with E-state index in [1.807, 2.05) is 29.2 Å². The molecule has 30 heavy (non-hydrogen) atoms. The maximum atomic E-state index is 14.2. The first-order valence-electron chi connectivity index (χ1n) is 10.6. The summed E-state index contributed by atoms with van der Waals surface area (Å²) >= 11 is 0. The van der Waals surface area contributed by atoms with Crippen molar-refractivity contribution in [2.24, 2.45) is 5.92 Å². The van der Waals surface area contributed by atoms with Crippen LogP contribution in [0.1, 0.15) is 41.1 Å². The van der Waals surface area contributed by atoms with E-state index in [-0.39, 0.29) is 35.8 Å². The van der Waals surface area contributed by atoms with E-state index in [1.165, 1.54) is 12.1 Å². The summed E-state index contributed by atoms with van der Waals surface area (Å²) in [6.07, 6.45) is 3.16. The molecular weight excluding hydrogens is 383 g/mol. The number of halogens is 1. The fourth-order valence-corrected chi connectivity index (χ4v) is 4.66. The summed E-state index contributed by atoms with van der Waals surface area (Å²) in [5.74, 6) is -0.681. The zero-order valence-corrected chi connectivity index (χ0v) is 17.2. The van der Waals surface area contributed by atoms with Crippen molar-refractivity contribution in [1.82, 2.24) is 9.80 Å². The highest BCUT2D eigenvalue weighted by molar-refractivity contribution is 5.95. The monoisotopic (exact) mass is 410 g/mol. The van der Waals surface area contributed by atoms with E-state index in [4.69, 9.17) is 4.74 Å².